The van der Waals surface area contributed by atoms with Crippen LogP contribution in [0.2, 0.25) is 0 Å². The third kappa shape index (κ3) is 4.39. The first-order chi connectivity index (χ1) is 15.6. The number of carbonyl (C=O) groups excluding carboxylic acids is 1. The van der Waals surface area contributed by atoms with Gasteiger partial charge in [-0.25, -0.2) is 0 Å². The molecule has 3 aromatic carbocycles. The largest absolute Gasteiger partial charge is 0.490 e. The molecule has 0 unspecified atom stereocenters. The predicted octanol–water partition coefficient (Wildman–Crippen LogP) is 6.30. The Morgan fingerprint density at radius 3 is 2.66 bits per heavy atom. The number of benzene rings is 3. The highest BCUT2D eigenvalue weighted by Crippen LogP contribution is 2.32. The van der Waals surface area contributed by atoms with Crippen LogP contribution >= 0.6 is 39.9 Å². The van der Waals surface area contributed by atoms with E-state index in [1.807, 2.05) is 60.7 Å². The number of furan rings is 1. The monoisotopic (exact) mass is 525 g/mol. The SMILES string of the molecule is O=C1NC(=S)S/C1=C\c1cc(Br)ccc1OCCOc1ccc2oc3ccccc3c2c1. The molecule has 4 aromatic rings. The molecule has 1 aliphatic heterocycles. The van der Waals surface area contributed by atoms with Gasteiger partial charge in [-0.05, 0) is 48.5 Å². The summed E-state index contributed by atoms with van der Waals surface area (Å²) in [5.74, 6) is 1.21. The van der Waals surface area contributed by atoms with Crippen LogP contribution in [0.3, 0.4) is 0 Å². The van der Waals surface area contributed by atoms with E-state index in [4.69, 9.17) is 26.1 Å². The van der Waals surface area contributed by atoms with E-state index in [9.17, 15) is 4.79 Å². The second-order valence-electron chi connectivity index (χ2n) is 6.99. The van der Waals surface area contributed by atoms with Crippen LogP contribution in [0.25, 0.3) is 28.0 Å². The zero-order valence-corrected chi connectivity index (χ0v) is 19.8. The highest BCUT2D eigenvalue weighted by molar-refractivity contribution is 9.10. The Balaban J connectivity index is 1.27. The van der Waals surface area contributed by atoms with E-state index in [-0.39, 0.29) is 5.91 Å². The smallest absolute Gasteiger partial charge is 0.263 e. The van der Waals surface area contributed by atoms with Gasteiger partial charge in [-0.2, -0.15) is 0 Å². The number of nitrogens with one attached hydrogen (secondary N) is 1. The molecule has 8 heteroatoms. The topological polar surface area (TPSA) is 60.7 Å². The van der Waals surface area contributed by atoms with Crippen molar-refractivity contribution in [1.29, 1.82) is 0 Å². The number of hydrogen-bond donors (Lipinski definition) is 1. The molecule has 1 fully saturated rings. The van der Waals surface area contributed by atoms with Gasteiger partial charge in [-0.1, -0.05) is 58.1 Å². The normalized spacial score (nSPS) is 15.0. The lowest BCUT2D eigenvalue weighted by atomic mass is 10.1. The molecule has 0 aliphatic carbocycles. The van der Waals surface area contributed by atoms with Gasteiger partial charge in [0.2, 0.25) is 0 Å². The Labute approximate surface area is 201 Å². The minimum absolute atomic E-state index is 0.198. The summed E-state index contributed by atoms with van der Waals surface area (Å²) in [5.41, 5.74) is 2.47. The fraction of sp³-hybridized carbons (Fsp3) is 0.0833. The number of ether oxygens (including phenoxy) is 2. The van der Waals surface area contributed by atoms with Crippen molar-refractivity contribution in [1.82, 2.24) is 5.32 Å². The van der Waals surface area contributed by atoms with Gasteiger partial charge in [-0.15, -0.1) is 0 Å². The summed E-state index contributed by atoms with van der Waals surface area (Å²) >= 11 is 9.77. The van der Waals surface area contributed by atoms with Crippen molar-refractivity contribution in [2.75, 3.05) is 13.2 Å². The minimum atomic E-state index is -0.198. The molecule has 1 aliphatic rings. The second-order valence-corrected chi connectivity index (χ2v) is 9.62. The van der Waals surface area contributed by atoms with E-state index in [1.54, 1.807) is 6.08 Å². The van der Waals surface area contributed by atoms with E-state index in [2.05, 4.69) is 21.2 Å². The molecule has 160 valence electrons. The predicted molar refractivity (Wildman–Crippen MR) is 135 cm³/mol. The van der Waals surface area contributed by atoms with Crippen LogP contribution in [-0.2, 0) is 4.79 Å². The number of carbonyl (C=O) groups is 1. The maximum atomic E-state index is 12.0. The van der Waals surface area contributed by atoms with Crippen molar-refractivity contribution < 1.29 is 18.7 Å². The van der Waals surface area contributed by atoms with Crippen molar-refractivity contribution in [3.63, 3.8) is 0 Å². The van der Waals surface area contributed by atoms with Gasteiger partial charge in [0.25, 0.3) is 5.91 Å². The molecular weight excluding hydrogens is 510 g/mol. The average molecular weight is 526 g/mol. The summed E-state index contributed by atoms with van der Waals surface area (Å²) < 4.78 is 19.0. The Hall–Kier alpha value is -2.81. The molecule has 1 aromatic heterocycles. The molecule has 5 nitrogen and oxygen atoms in total. The number of amides is 1. The zero-order valence-electron chi connectivity index (χ0n) is 16.6. The summed E-state index contributed by atoms with van der Waals surface area (Å²) in [6, 6.07) is 19.4. The van der Waals surface area contributed by atoms with Gasteiger partial charge in [0.05, 0.1) is 4.91 Å². The molecule has 0 bridgehead atoms. The van der Waals surface area contributed by atoms with E-state index < -0.39 is 0 Å². The van der Waals surface area contributed by atoms with Gasteiger partial charge in [-0.3, -0.25) is 4.79 Å². The van der Waals surface area contributed by atoms with Crippen LogP contribution in [0.5, 0.6) is 11.5 Å². The van der Waals surface area contributed by atoms with Crippen LogP contribution in [0.15, 0.2) is 74.5 Å². The standard InChI is InChI=1S/C24H16BrNO4S2/c25-15-5-7-19(14(11-15)12-22-23(27)26-24(31)32-22)29-10-9-28-16-6-8-21-18(13-16)17-3-1-2-4-20(17)30-21/h1-8,11-13H,9-10H2,(H,26,27,31)/b22-12-. The molecule has 32 heavy (non-hydrogen) atoms. The van der Waals surface area contributed by atoms with Gasteiger partial charge in [0, 0.05) is 20.8 Å². The van der Waals surface area contributed by atoms with Crippen molar-refractivity contribution in [3.8, 4) is 11.5 Å². The third-order valence-corrected chi connectivity index (χ3v) is 6.51. The Kier molecular flexibility index (Phi) is 5.91. The quantitative estimate of drug-likeness (QED) is 0.181. The summed E-state index contributed by atoms with van der Waals surface area (Å²) in [4.78, 5) is 12.5. The number of hydrogen-bond acceptors (Lipinski definition) is 6. The van der Waals surface area contributed by atoms with Crippen LogP contribution in [0.4, 0.5) is 0 Å². The first-order valence-electron chi connectivity index (χ1n) is 9.78. The van der Waals surface area contributed by atoms with E-state index in [0.29, 0.717) is 28.2 Å². The number of halogens is 1. The second kappa shape index (κ2) is 8.97. The van der Waals surface area contributed by atoms with Gasteiger partial charge in [0.1, 0.15) is 40.2 Å². The van der Waals surface area contributed by atoms with Crippen molar-refractivity contribution >= 4 is 78.2 Å². The molecule has 0 saturated carbocycles. The van der Waals surface area contributed by atoms with Crippen LogP contribution < -0.4 is 14.8 Å². The molecule has 1 saturated heterocycles. The summed E-state index contributed by atoms with van der Waals surface area (Å²) in [6.07, 6.45) is 1.78. The molecule has 0 spiro atoms. The Morgan fingerprint density at radius 2 is 1.81 bits per heavy atom. The highest BCUT2D eigenvalue weighted by Gasteiger charge is 2.22. The van der Waals surface area contributed by atoms with Crippen LogP contribution in [0.1, 0.15) is 5.56 Å². The number of para-hydroxylation sites is 1. The van der Waals surface area contributed by atoms with Crippen molar-refractivity contribution in [3.05, 3.63) is 75.6 Å². The van der Waals surface area contributed by atoms with E-state index >= 15 is 0 Å². The summed E-state index contributed by atoms with van der Waals surface area (Å²) in [6.45, 7) is 0.715. The molecular formula is C24H16BrNO4S2. The Bertz CT molecular complexity index is 1400. The first-order valence-corrected chi connectivity index (χ1v) is 11.8. The fourth-order valence-electron chi connectivity index (χ4n) is 3.43. The molecule has 5 rings (SSSR count). The average Bonchev–Trinajstić information content (AvgIpc) is 3.31. The molecule has 0 atom stereocenters. The lowest BCUT2D eigenvalue weighted by molar-refractivity contribution is -0.115. The third-order valence-electron chi connectivity index (χ3n) is 4.86. The highest BCUT2D eigenvalue weighted by atomic mass is 79.9. The minimum Gasteiger partial charge on any atom is -0.490 e. The number of thioether (sulfide) groups is 1. The van der Waals surface area contributed by atoms with Crippen molar-refractivity contribution in [2.45, 2.75) is 0 Å². The maximum absolute atomic E-state index is 12.0. The van der Waals surface area contributed by atoms with Crippen LogP contribution in [-0.4, -0.2) is 23.4 Å². The van der Waals surface area contributed by atoms with E-state index in [1.165, 1.54) is 11.8 Å². The molecule has 1 N–H and O–H groups in total. The lowest BCUT2D eigenvalue weighted by Crippen LogP contribution is -2.17. The molecule has 2 heterocycles. The van der Waals surface area contributed by atoms with Gasteiger partial charge >= 0.3 is 0 Å². The van der Waals surface area contributed by atoms with Gasteiger partial charge < -0.3 is 19.2 Å². The summed E-state index contributed by atoms with van der Waals surface area (Å²) in [7, 11) is 0. The van der Waals surface area contributed by atoms with E-state index in [0.717, 1.165) is 37.7 Å². The molecule has 0 radical (unpaired) electrons. The number of fused-ring (bicyclic) bond motifs is 3. The fourth-order valence-corrected chi connectivity index (χ4v) is 4.85. The first kappa shape index (κ1) is 21.1. The summed E-state index contributed by atoms with van der Waals surface area (Å²) in [5, 5.41) is 4.70. The van der Waals surface area contributed by atoms with Crippen LogP contribution in [0, 0.1) is 0 Å². The van der Waals surface area contributed by atoms with Crippen molar-refractivity contribution in [2.24, 2.45) is 0 Å². The number of thiocarbonyl (C=S) groups is 1. The zero-order chi connectivity index (χ0) is 22.1. The lowest BCUT2D eigenvalue weighted by Gasteiger charge is -2.11. The number of rotatable bonds is 6. The molecule has 1 amide bonds. The maximum Gasteiger partial charge on any atom is 0.263 e. The Morgan fingerprint density at radius 1 is 1.00 bits per heavy atom. The van der Waals surface area contributed by atoms with Gasteiger partial charge in [0.15, 0.2) is 0 Å².